The quantitative estimate of drug-likeness (QED) is 0.465. The van der Waals surface area contributed by atoms with Crippen LogP contribution in [0.4, 0.5) is 21.0 Å². The monoisotopic (exact) mass is 570 g/mol. The van der Waals surface area contributed by atoms with Gasteiger partial charge in [-0.3, -0.25) is 4.90 Å². The number of amides is 4. The van der Waals surface area contributed by atoms with Crippen LogP contribution >= 0.6 is 0 Å². The third-order valence-corrected chi connectivity index (χ3v) is 8.19. The molecule has 3 aromatic rings. The Labute approximate surface area is 244 Å². The molecule has 3 atom stereocenters. The lowest BCUT2D eigenvalue weighted by Gasteiger charge is -2.54. The molecule has 10 heteroatoms. The number of urea groups is 2. The van der Waals surface area contributed by atoms with Gasteiger partial charge in [-0.05, 0) is 61.2 Å². The number of piperazine rings is 1. The highest BCUT2D eigenvalue weighted by molar-refractivity contribution is 6.01. The molecule has 0 spiro atoms. The van der Waals surface area contributed by atoms with Crippen molar-refractivity contribution < 1.29 is 29.0 Å². The maximum absolute atomic E-state index is 14.3. The summed E-state index contributed by atoms with van der Waals surface area (Å²) in [6.07, 6.45) is 1.97. The third-order valence-electron chi connectivity index (χ3n) is 8.19. The van der Waals surface area contributed by atoms with Gasteiger partial charge in [0.2, 0.25) is 0 Å². The summed E-state index contributed by atoms with van der Waals surface area (Å²) in [5, 5.41) is 10.5. The first-order chi connectivity index (χ1) is 20.4. The van der Waals surface area contributed by atoms with Gasteiger partial charge >= 0.3 is 18.0 Å². The highest BCUT2D eigenvalue weighted by Crippen LogP contribution is 2.37. The van der Waals surface area contributed by atoms with Gasteiger partial charge in [0.1, 0.15) is 13.2 Å². The molecule has 0 saturated carbocycles. The number of hydrogen-bond donors (Lipinski definition) is 1. The number of benzene rings is 3. The number of anilines is 2. The summed E-state index contributed by atoms with van der Waals surface area (Å²) in [5.74, 6) is 0.205. The van der Waals surface area contributed by atoms with Crippen LogP contribution in [0.25, 0.3) is 0 Å². The molecule has 0 radical (unpaired) electrons. The highest BCUT2D eigenvalue weighted by Gasteiger charge is 2.52. The lowest BCUT2D eigenvalue weighted by molar-refractivity contribution is -0.148. The molecule has 2 saturated heterocycles. The van der Waals surface area contributed by atoms with E-state index >= 15 is 0 Å². The van der Waals surface area contributed by atoms with Crippen LogP contribution in [0.5, 0.6) is 11.5 Å². The minimum atomic E-state index is -1.18. The first-order valence-electron chi connectivity index (χ1n) is 14.3. The Balaban J connectivity index is 1.27. The van der Waals surface area contributed by atoms with Gasteiger partial charge < -0.3 is 29.3 Å². The van der Waals surface area contributed by atoms with Gasteiger partial charge in [-0.25, -0.2) is 14.4 Å². The van der Waals surface area contributed by atoms with Gasteiger partial charge in [0, 0.05) is 20.1 Å². The average molecular weight is 571 g/mol. The van der Waals surface area contributed by atoms with Crippen molar-refractivity contribution in [3.05, 3.63) is 84.4 Å². The van der Waals surface area contributed by atoms with E-state index in [9.17, 15) is 19.5 Å². The van der Waals surface area contributed by atoms with Crippen molar-refractivity contribution >= 4 is 29.4 Å². The van der Waals surface area contributed by atoms with Crippen LogP contribution in [0, 0.1) is 0 Å². The molecular formula is C32H34N4O6. The summed E-state index contributed by atoms with van der Waals surface area (Å²) in [5.41, 5.74) is 2.16. The van der Waals surface area contributed by atoms with E-state index in [0.717, 1.165) is 12.0 Å². The molecule has 3 heterocycles. The summed E-state index contributed by atoms with van der Waals surface area (Å²) in [4.78, 5) is 47.3. The molecule has 2 bridgehead atoms. The molecule has 3 aromatic carbocycles. The van der Waals surface area contributed by atoms with E-state index in [1.165, 1.54) is 4.90 Å². The molecule has 0 aromatic heterocycles. The summed E-state index contributed by atoms with van der Waals surface area (Å²) >= 11 is 0. The van der Waals surface area contributed by atoms with Crippen LogP contribution in [-0.2, 0) is 11.3 Å². The molecule has 10 nitrogen and oxygen atoms in total. The molecule has 218 valence electrons. The van der Waals surface area contributed by atoms with Crippen molar-refractivity contribution in [2.75, 3.05) is 31.7 Å². The molecule has 3 aliphatic rings. The van der Waals surface area contributed by atoms with Crippen molar-refractivity contribution in [2.24, 2.45) is 0 Å². The van der Waals surface area contributed by atoms with Crippen molar-refractivity contribution in [2.45, 2.75) is 43.9 Å². The molecule has 3 aliphatic heterocycles. The Kier molecular flexibility index (Phi) is 7.60. The normalized spacial score (nSPS) is 20.9. The zero-order chi connectivity index (χ0) is 29.2. The second-order valence-corrected chi connectivity index (χ2v) is 10.9. The highest BCUT2D eigenvalue weighted by atomic mass is 16.6. The number of piperidine rings is 1. The molecule has 1 N–H and O–H groups in total. The number of carboxylic acids is 1. The molecule has 2 fully saturated rings. The number of nitrogens with zero attached hydrogens (tertiary/aromatic N) is 4. The van der Waals surface area contributed by atoms with Crippen LogP contribution in [-0.4, -0.2) is 82.8 Å². The van der Waals surface area contributed by atoms with Gasteiger partial charge in [-0.15, -0.1) is 0 Å². The lowest BCUT2D eigenvalue weighted by Crippen LogP contribution is -2.72. The minimum absolute atomic E-state index is 0.131. The SMILES string of the molecule is CN(Cc1ccc2c(c1)OCCO2)C(=O)N1[C@H]2CCC[C@@H]1[C@@H](C(=O)O)N(C(=O)N(c1ccccc1)c1ccccc1)C2. The number of aliphatic carboxylic acids is 1. The summed E-state index contributed by atoms with van der Waals surface area (Å²) < 4.78 is 11.3. The summed E-state index contributed by atoms with van der Waals surface area (Å²) in [6, 6.07) is 21.2. The number of carboxylic acid groups (broad SMARTS) is 1. The van der Waals surface area contributed by atoms with Crippen LogP contribution in [0.2, 0.25) is 0 Å². The summed E-state index contributed by atoms with van der Waals surface area (Å²) in [7, 11) is 1.72. The molecule has 0 aliphatic carbocycles. The number of hydrogen-bond acceptors (Lipinski definition) is 5. The molecule has 6 rings (SSSR count). The van der Waals surface area contributed by atoms with E-state index < -0.39 is 24.1 Å². The first-order valence-corrected chi connectivity index (χ1v) is 14.3. The van der Waals surface area contributed by atoms with Gasteiger partial charge in [-0.1, -0.05) is 42.5 Å². The van der Waals surface area contributed by atoms with E-state index in [-0.39, 0.29) is 18.6 Å². The fraction of sp³-hybridized carbons (Fsp3) is 0.344. The summed E-state index contributed by atoms with van der Waals surface area (Å²) in [6.45, 7) is 1.43. The van der Waals surface area contributed by atoms with Crippen molar-refractivity contribution in [3.63, 3.8) is 0 Å². The van der Waals surface area contributed by atoms with Crippen molar-refractivity contribution in [1.82, 2.24) is 14.7 Å². The zero-order valence-corrected chi connectivity index (χ0v) is 23.5. The number of rotatable bonds is 5. The number of carbonyl (C=O) groups excluding carboxylic acids is 2. The second-order valence-electron chi connectivity index (χ2n) is 10.9. The first kappa shape index (κ1) is 27.4. The van der Waals surface area contributed by atoms with E-state index in [0.29, 0.717) is 55.5 Å². The number of fused-ring (bicyclic) bond motifs is 3. The predicted octanol–water partition coefficient (Wildman–Crippen LogP) is 4.96. The Bertz CT molecular complexity index is 1410. The maximum Gasteiger partial charge on any atom is 0.329 e. The van der Waals surface area contributed by atoms with Gasteiger partial charge in [-0.2, -0.15) is 0 Å². The number of ether oxygens (including phenoxy) is 2. The van der Waals surface area contributed by atoms with Crippen LogP contribution < -0.4 is 14.4 Å². The standard InChI is InChI=1S/C32H34N4O6/c1-33(20-22-15-16-27-28(19-22)42-18-17-41-27)31(39)36-25-13-8-14-26(36)29(30(37)38)34(21-25)32(40)35(23-9-4-2-5-10-23)24-11-6-3-7-12-24/h2-7,9-12,15-16,19,25-26,29H,8,13-14,17-18,20-21H2,1H3,(H,37,38)/t25-,26+,29-/m0/s1. The Hall–Kier alpha value is -4.73. The van der Waals surface area contributed by atoms with Gasteiger partial charge in [0.25, 0.3) is 0 Å². The molecule has 0 unspecified atom stereocenters. The fourth-order valence-corrected chi connectivity index (χ4v) is 6.32. The maximum atomic E-state index is 14.3. The van der Waals surface area contributed by atoms with Crippen LogP contribution in [0.1, 0.15) is 24.8 Å². The van der Waals surface area contributed by atoms with Crippen molar-refractivity contribution in [1.29, 1.82) is 0 Å². The van der Waals surface area contributed by atoms with Crippen LogP contribution in [0.3, 0.4) is 0 Å². The number of carbonyl (C=O) groups is 3. The smallest absolute Gasteiger partial charge is 0.329 e. The predicted molar refractivity (Wildman–Crippen MR) is 156 cm³/mol. The van der Waals surface area contributed by atoms with E-state index in [2.05, 4.69) is 0 Å². The largest absolute Gasteiger partial charge is 0.486 e. The van der Waals surface area contributed by atoms with E-state index in [1.807, 2.05) is 78.9 Å². The zero-order valence-electron chi connectivity index (χ0n) is 23.5. The second kappa shape index (κ2) is 11.6. The Morgan fingerprint density at radius 3 is 2.14 bits per heavy atom. The Morgan fingerprint density at radius 1 is 0.857 bits per heavy atom. The molecule has 4 amide bonds. The molecular weight excluding hydrogens is 536 g/mol. The fourth-order valence-electron chi connectivity index (χ4n) is 6.32. The van der Waals surface area contributed by atoms with E-state index in [4.69, 9.17) is 9.47 Å². The van der Waals surface area contributed by atoms with Gasteiger partial charge in [0.15, 0.2) is 17.5 Å². The average Bonchev–Trinajstić information content (AvgIpc) is 3.01. The number of para-hydroxylation sites is 2. The molecule has 42 heavy (non-hydrogen) atoms. The van der Waals surface area contributed by atoms with Crippen molar-refractivity contribution in [3.8, 4) is 11.5 Å². The topological polar surface area (TPSA) is 103 Å². The van der Waals surface area contributed by atoms with Crippen LogP contribution in [0.15, 0.2) is 78.9 Å². The number of likely N-dealkylation sites (tertiary alicyclic amines) is 1. The minimum Gasteiger partial charge on any atom is -0.486 e. The lowest BCUT2D eigenvalue weighted by atomic mass is 9.86. The van der Waals surface area contributed by atoms with E-state index in [1.54, 1.807) is 21.7 Å². The third kappa shape index (κ3) is 5.20. The Morgan fingerprint density at radius 2 is 1.50 bits per heavy atom. The van der Waals surface area contributed by atoms with Gasteiger partial charge in [0.05, 0.1) is 23.5 Å².